The molecule has 0 saturated carbocycles. The van der Waals surface area contributed by atoms with Gasteiger partial charge in [-0.05, 0) is 61.4 Å². The van der Waals surface area contributed by atoms with Gasteiger partial charge in [0.2, 0.25) is 0 Å². The van der Waals surface area contributed by atoms with Crippen LogP contribution >= 0.6 is 0 Å². The first-order chi connectivity index (χ1) is 18.6. The Morgan fingerprint density at radius 1 is 1.05 bits per heavy atom. The molecule has 0 spiro atoms. The molecule has 0 radical (unpaired) electrons. The van der Waals surface area contributed by atoms with E-state index in [0.717, 1.165) is 43.6 Å². The molecule has 11 heteroatoms. The van der Waals surface area contributed by atoms with Crippen molar-refractivity contribution in [1.82, 2.24) is 0 Å². The van der Waals surface area contributed by atoms with Crippen molar-refractivity contribution >= 4 is 40.2 Å². The zero-order valence-electron chi connectivity index (χ0n) is 22.8. The molecule has 1 fully saturated rings. The molecule has 4 rings (SSSR count). The third kappa shape index (κ3) is 7.13. The Balaban J connectivity index is 0.000000559. The summed E-state index contributed by atoms with van der Waals surface area (Å²) in [6, 6.07) is 12.4. The highest BCUT2D eigenvalue weighted by atomic mass is 19.4. The molecule has 2 N–H and O–H groups in total. The lowest BCUT2D eigenvalue weighted by Crippen LogP contribution is -2.37. The van der Waals surface area contributed by atoms with Crippen molar-refractivity contribution in [3.8, 4) is 0 Å². The molecule has 0 unspecified atom stereocenters. The topological polar surface area (TPSA) is 111 Å². The molecule has 216 valence electrons. The lowest BCUT2D eigenvalue weighted by atomic mass is 9.83. The Morgan fingerprint density at radius 3 is 2.20 bits per heavy atom. The van der Waals surface area contributed by atoms with Crippen LogP contribution in [-0.2, 0) is 4.79 Å². The molecule has 0 aliphatic carbocycles. The Labute approximate surface area is 229 Å². The molecule has 40 heavy (non-hydrogen) atoms. The lowest BCUT2D eigenvalue weighted by Gasteiger charge is -2.37. The summed E-state index contributed by atoms with van der Waals surface area (Å²) < 4.78 is 38.2. The van der Waals surface area contributed by atoms with Crippen molar-refractivity contribution in [2.45, 2.75) is 53.1 Å². The number of hydrogen-bond acceptors (Lipinski definition) is 6. The molecule has 0 atom stereocenters. The van der Waals surface area contributed by atoms with Gasteiger partial charge in [0.1, 0.15) is 0 Å². The van der Waals surface area contributed by atoms with E-state index < -0.39 is 18.1 Å². The molecule has 1 saturated heterocycles. The van der Waals surface area contributed by atoms with Gasteiger partial charge in [0.15, 0.2) is 16.9 Å². The monoisotopic (exact) mass is 562 g/mol. The second-order valence-electron chi connectivity index (χ2n) is 10.5. The Kier molecular flexibility index (Phi) is 9.17. The normalized spacial score (nSPS) is 14.8. The van der Waals surface area contributed by atoms with Crippen LogP contribution < -0.4 is 15.2 Å². The van der Waals surface area contributed by atoms with Crippen molar-refractivity contribution in [2.75, 3.05) is 29.4 Å². The Bertz CT molecular complexity index is 1440. The first kappa shape index (κ1) is 30.5. The molecule has 2 aromatic carbocycles. The minimum absolute atomic E-state index is 0.0796. The van der Waals surface area contributed by atoms with E-state index in [1.54, 1.807) is 18.2 Å². The van der Waals surface area contributed by atoms with Gasteiger partial charge in [-0.25, -0.2) is 9.59 Å². The van der Waals surface area contributed by atoms with Gasteiger partial charge in [-0.3, -0.25) is 4.79 Å². The van der Waals surface area contributed by atoms with Crippen LogP contribution in [0.1, 0.15) is 56.0 Å². The third-order valence-corrected chi connectivity index (χ3v) is 6.77. The highest BCUT2D eigenvalue weighted by Crippen LogP contribution is 2.38. The average molecular weight is 563 g/mol. The van der Waals surface area contributed by atoms with E-state index in [4.69, 9.17) is 14.3 Å². The molecule has 3 aromatic rings. The number of para-hydroxylation sites is 1. The first-order valence-electron chi connectivity index (χ1n) is 12.9. The number of anilines is 3. The summed E-state index contributed by atoms with van der Waals surface area (Å²) in [5.41, 5.74) is 3.16. The number of fused-ring (bicyclic) bond motifs is 1. The summed E-state index contributed by atoms with van der Waals surface area (Å²) >= 11 is 0. The first-order valence-corrected chi connectivity index (χ1v) is 12.9. The molecule has 1 aliphatic heterocycles. The number of nitrogens with zero attached hydrogens (tertiary/aromatic N) is 2. The van der Waals surface area contributed by atoms with Gasteiger partial charge in [0, 0.05) is 25.7 Å². The fraction of sp³-hybridized carbons (Fsp3) is 0.414. The van der Waals surface area contributed by atoms with Gasteiger partial charge in [0.25, 0.3) is 0 Å². The van der Waals surface area contributed by atoms with Gasteiger partial charge in [-0.15, -0.1) is 0 Å². The molecular formula is C29H33F3N2O6. The number of piperidine rings is 1. The zero-order valence-corrected chi connectivity index (χ0v) is 22.8. The standard InChI is InChI=1S/C27H32N2O4.C2HF3O2/c1-5-12-29(21-9-7-6-8-19(21)26(31)32)22-16-18(2)15-20-23(30)17-24(33-25(20)22)28-13-10-27(3,4)11-14-28;3-2(4,5)1(6)7/h6-9,15-17H,5,10-14H2,1-4H3,(H,31,32);(H,6,7). The quantitative estimate of drug-likeness (QED) is 0.345. The number of benzene rings is 2. The van der Waals surface area contributed by atoms with E-state index in [2.05, 4.69) is 18.7 Å². The summed E-state index contributed by atoms with van der Waals surface area (Å²) in [5.74, 6) is -3.16. The molecule has 1 aliphatic rings. The minimum atomic E-state index is -5.08. The maximum Gasteiger partial charge on any atom is 0.490 e. The number of hydrogen-bond donors (Lipinski definition) is 2. The van der Waals surface area contributed by atoms with Gasteiger partial charge in [-0.1, -0.05) is 32.9 Å². The van der Waals surface area contributed by atoms with E-state index in [9.17, 15) is 27.9 Å². The van der Waals surface area contributed by atoms with Crippen molar-refractivity contribution in [1.29, 1.82) is 0 Å². The minimum Gasteiger partial charge on any atom is -0.478 e. The number of alkyl halides is 3. The zero-order chi connectivity index (χ0) is 29.8. The molecule has 1 aromatic heterocycles. The molecule has 0 amide bonds. The summed E-state index contributed by atoms with van der Waals surface area (Å²) in [5, 5.41) is 17.4. The third-order valence-electron chi connectivity index (χ3n) is 6.77. The fourth-order valence-corrected chi connectivity index (χ4v) is 4.54. The molecule has 8 nitrogen and oxygen atoms in total. The number of rotatable bonds is 6. The predicted molar refractivity (Wildman–Crippen MR) is 147 cm³/mol. The van der Waals surface area contributed by atoms with Gasteiger partial charge in [0.05, 0.1) is 22.3 Å². The largest absolute Gasteiger partial charge is 0.490 e. The number of aryl methyl sites for hydroxylation is 1. The summed E-state index contributed by atoms with van der Waals surface area (Å²) in [6.45, 7) is 10.8. The average Bonchev–Trinajstić information content (AvgIpc) is 2.87. The molecular weight excluding hydrogens is 529 g/mol. The van der Waals surface area contributed by atoms with E-state index in [-0.39, 0.29) is 16.4 Å². The molecule has 0 bridgehead atoms. The van der Waals surface area contributed by atoms with Gasteiger partial charge < -0.3 is 24.4 Å². The van der Waals surface area contributed by atoms with Crippen LogP contribution in [0, 0.1) is 12.3 Å². The van der Waals surface area contributed by atoms with Gasteiger partial charge >= 0.3 is 18.1 Å². The Morgan fingerprint density at radius 2 is 1.65 bits per heavy atom. The van der Waals surface area contributed by atoms with Crippen molar-refractivity contribution in [3.63, 3.8) is 0 Å². The highest BCUT2D eigenvalue weighted by molar-refractivity contribution is 5.99. The van der Waals surface area contributed by atoms with Gasteiger partial charge in [-0.2, -0.15) is 13.2 Å². The fourth-order valence-electron chi connectivity index (χ4n) is 4.54. The van der Waals surface area contributed by atoms with Crippen LogP contribution in [0.4, 0.5) is 30.4 Å². The van der Waals surface area contributed by atoms with E-state index in [1.807, 2.05) is 43.0 Å². The number of aromatic carboxylic acids is 1. The number of carbonyl (C=O) groups is 2. The van der Waals surface area contributed by atoms with Crippen LogP contribution in [0.25, 0.3) is 11.0 Å². The summed E-state index contributed by atoms with van der Waals surface area (Å²) in [4.78, 5) is 38.1. The van der Waals surface area contributed by atoms with Crippen LogP contribution in [0.3, 0.4) is 0 Å². The van der Waals surface area contributed by atoms with Crippen LogP contribution in [0.15, 0.2) is 51.7 Å². The van der Waals surface area contributed by atoms with Crippen LogP contribution in [0.5, 0.6) is 0 Å². The van der Waals surface area contributed by atoms with Crippen LogP contribution in [-0.4, -0.2) is 48.0 Å². The number of aliphatic carboxylic acids is 1. The van der Waals surface area contributed by atoms with Crippen molar-refractivity contribution < 1.29 is 37.4 Å². The smallest absolute Gasteiger partial charge is 0.478 e. The second kappa shape index (κ2) is 12.0. The number of carboxylic acids is 2. The second-order valence-corrected chi connectivity index (χ2v) is 10.5. The van der Waals surface area contributed by atoms with E-state index in [1.165, 1.54) is 0 Å². The van der Waals surface area contributed by atoms with Crippen molar-refractivity contribution in [2.24, 2.45) is 5.41 Å². The maximum absolute atomic E-state index is 13.2. The predicted octanol–water partition coefficient (Wildman–Crippen LogP) is 6.61. The highest BCUT2D eigenvalue weighted by Gasteiger charge is 2.38. The summed E-state index contributed by atoms with van der Waals surface area (Å²) in [6.07, 6.45) is -2.22. The Hall–Kier alpha value is -4.02. The van der Waals surface area contributed by atoms with Crippen LogP contribution in [0.2, 0.25) is 0 Å². The number of carboxylic acid groups (broad SMARTS) is 2. The number of halogens is 3. The maximum atomic E-state index is 13.2. The van der Waals surface area contributed by atoms with E-state index in [0.29, 0.717) is 29.1 Å². The summed E-state index contributed by atoms with van der Waals surface area (Å²) in [7, 11) is 0. The van der Waals surface area contributed by atoms with E-state index >= 15 is 0 Å². The van der Waals surface area contributed by atoms with Crippen molar-refractivity contribution in [3.05, 3.63) is 63.8 Å². The lowest BCUT2D eigenvalue weighted by molar-refractivity contribution is -0.192. The SMILES string of the molecule is CCCN(c1ccccc1C(=O)O)c1cc(C)cc2c(=O)cc(N3CCC(C)(C)CC3)oc12.O=C(O)C(F)(F)F. The molecule has 2 heterocycles.